The van der Waals surface area contributed by atoms with E-state index in [1.54, 1.807) is 0 Å². The highest BCUT2D eigenvalue weighted by molar-refractivity contribution is 4.81. The van der Waals surface area contributed by atoms with Gasteiger partial charge in [0.25, 0.3) is 0 Å². The Balaban J connectivity index is 2.48. The van der Waals surface area contributed by atoms with E-state index in [2.05, 4.69) is 10.1 Å². The first kappa shape index (κ1) is 5.16. The fourth-order valence-electron chi connectivity index (χ4n) is 0.605. The summed E-state index contributed by atoms with van der Waals surface area (Å²) in [5.74, 6) is 0. The summed E-state index contributed by atoms with van der Waals surface area (Å²) in [6.07, 6.45) is 5.91. The number of nitrogens with zero attached hydrogens (tertiary/aromatic N) is 3. The lowest BCUT2D eigenvalue weighted by atomic mass is 11.0. The van der Waals surface area contributed by atoms with Gasteiger partial charge in [-0.3, -0.25) is 4.52 Å². The molecule has 0 radical (unpaired) electrons. The zero-order chi connectivity index (χ0) is 6.81. The van der Waals surface area contributed by atoms with Crippen LogP contribution >= 0.6 is 0 Å². The van der Waals surface area contributed by atoms with Crippen molar-refractivity contribution >= 4 is 0 Å². The Morgan fingerprint density at radius 1 is 1.30 bits per heavy atom. The van der Waals surface area contributed by atoms with Gasteiger partial charge in [0.05, 0.1) is 0 Å². The number of aromatic nitrogens is 3. The summed E-state index contributed by atoms with van der Waals surface area (Å²) >= 11 is 0. The first-order chi connectivity index (χ1) is 4.97. The van der Waals surface area contributed by atoms with Gasteiger partial charge in [-0.05, 0) is 10.1 Å². The number of oxazole rings is 1. The molecule has 50 valence electrons. The van der Waals surface area contributed by atoms with Crippen molar-refractivity contribution in [3.8, 4) is 6.01 Å². The molecule has 0 aromatic carbocycles. The normalized spacial score (nSPS) is 10.0. The molecule has 0 saturated carbocycles. The second-order valence-corrected chi connectivity index (χ2v) is 1.59. The second-order valence-electron chi connectivity index (χ2n) is 1.59. The van der Waals surface area contributed by atoms with Crippen molar-refractivity contribution in [3.63, 3.8) is 0 Å². The summed E-state index contributed by atoms with van der Waals surface area (Å²) in [6.45, 7) is 0. The van der Waals surface area contributed by atoms with Crippen LogP contribution in [-0.4, -0.2) is 10.1 Å². The van der Waals surface area contributed by atoms with Gasteiger partial charge in [-0.15, -0.1) is 0 Å². The highest BCUT2D eigenvalue weighted by Gasteiger charge is 2.14. The fraction of sp³-hybridized carbons (Fsp3) is 0. The van der Waals surface area contributed by atoms with Gasteiger partial charge in [-0.2, -0.15) is 0 Å². The molecule has 0 bridgehead atoms. The molecule has 0 N–H and O–H groups in total. The number of hydrogen-bond acceptors (Lipinski definition) is 4. The van der Waals surface area contributed by atoms with Crippen LogP contribution in [0, 0.1) is 0 Å². The van der Waals surface area contributed by atoms with Crippen molar-refractivity contribution in [1.29, 1.82) is 0 Å². The van der Waals surface area contributed by atoms with Crippen molar-refractivity contribution < 1.29 is 13.8 Å². The van der Waals surface area contributed by atoms with E-state index in [0.717, 1.165) is 0 Å². The molecule has 0 aliphatic heterocycles. The lowest BCUT2D eigenvalue weighted by Crippen LogP contribution is -2.31. The van der Waals surface area contributed by atoms with Crippen LogP contribution in [0.4, 0.5) is 0 Å². The molecule has 2 aromatic heterocycles. The Labute approximate surface area is 55.9 Å². The second kappa shape index (κ2) is 1.94. The first-order valence-corrected chi connectivity index (χ1v) is 2.69. The number of hydrogen-bond donors (Lipinski definition) is 0. The van der Waals surface area contributed by atoms with Gasteiger partial charge < -0.3 is 4.42 Å². The monoisotopic (exact) mass is 138 g/mol. The molecule has 2 aromatic rings. The van der Waals surface area contributed by atoms with Crippen molar-refractivity contribution in [2.24, 2.45) is 0 Å². The van der Waals surface area contributed by atoms with Gasteiger partial charge in [0.15, 0.2) is 12.5 Å². The van der Waals surface area contributed by atoms with E-state index in [0.29, 0.717) is 6.01 Å². The van der Waals surface area contributed by atoms with E-state index in [1.165, 1.54) is 29.8 Å². The van der Waals surface area contributed by atoms with Crippen LogP contribution in [0.25, 0.3) is 6.01 Å². The van der Waals surface area contributed by atoms with Crippen molar-refractivity contribution in [2.75, 3.05) is 0 Å². The maximum absolute atomic E-state index is 4.87. The van der Waals surface area contributed by atoms with E-state index in [4.69, 9.17) is 8.94 Å². The highest BCUT2D eigenvalue weighted by atomic mass is 16.5. The van der Waals surface area contributed by atoms with Gasteiger partial charge >= 0.3 is 6.01 Å². The van der Waals surface area contributed by atoms with Gasteiger partial charge in [-0.1, -0.05) is 0 Å². The van der Waals surface area contributed by atoms with Gasteiger partial charge in [0.2, 0.25) is 0 Å². The fourth-order valence-corrected chi connectivity index (χ4v) is 0.605. The van der Waals surface area contributed by atoms with E-state index < -0.39 is 0 Å². The quantitative estimate of drug-likeness (QED) is 0.518. The van der Waals surface area contributed by atoms with Gasteiger partial charge in [0, 0.05) is 0 Å². The van der Waals surface area contributed by atoms with Crippen LogP contribution in [0.1, 0.15) is 0 Å². The summed E-state index contributed by atoms with van der Waals surface area (Å²) < 4.78 is 9.70. The number of rotatable bonds is 1. The maximum Gasteiger partial charge on any atom is 0.566 e. The molecule has 0 atom stereocenters. The molecule has 0 spiro atoms. The molecular weight excluding hydrogens is 134 g/mol. The summed E-state index contributed by atoms with van der Waals surface area (Å²) in [5, 5.41) is 3.75. The Morgan fingerprint density at radius 2 is 2.30 bits per heavy atom. The third-order valence-electron chi connectivity index (χ3n) is 0.976. The summed E-state index contributed by atoms with van der Waals surface area (Å²) in [7, 11) is 0. The van der Waals surface area contributed by atoms with Gasteiger partial charge in [0.1, 0.15) is 17.3 Å². The van der Waals surface area contributed by atoms with Crippen molar-refractivity contribution in [3.05, 3.63) is 24.9 Å². The molecule has 2 heterocycles. The molecule has 0 saturated heterocycles. The predicted octanol–water partition coefficient (Wildman–Crippen LogP) is -0.0607. The van der Waals surface area contributed by atoms with E-state index in [-0.39, 0.29) is 0 Å². The van der Waals surface area contributed by atoms with E-state index in [9.17, 15) is 0 Å². The zero-order valence-electron chi connectivity index (χ0n) is 4.97. The third kappa shape index (κ3) is 0.680. The smallest absolute Gasteiger partial charge is 0.389 e. The Bertz CT molecular complexity index is 254. The minimum Gasteiger partial charge on any atom is -0.389 e. The third-order valence-corrected chi connectivity index (χ3v) is 0.976. The lowest BCUT2D eigenvalue weighted by molar-refractivity contribution is -0.843. The molecule has 2 rings (SSSR count). The SMILES string of the molecule is c1coc(-[n+]2ncco2)n1. The van der Waals surface area contributed by atoms with Crippen molar-refractivity contribution in [1.82, 2.24) is 10.1 Å². The Hall–Kier alpha value is -1.65. The molecule has 0 fully saturated rings. The maximum atomic E-state index is 4.87. The Kier molecular flexibility index (Phi) is 1.00. The van der Waals surface area contributed by atoms with Crippen LogP contribution in [0.3, 0.4) is 0 Å². The first-order valence-electron chi connectivity index (χ1n) is 2.69. The summed E-state index contributed by atoms with van der Waals surface area (Å²) in [6, 6.07) is 0.324. The standard InChI is InChI=1S/C5H4N3O2/c1-3-9-5(6-1)8-7-2-4-10-8/h1-4H/q+1. The van der Waals surface area contributed by atoms with Crippen LogP contribution in [0.5, 0.6) is 0 Å². The molecule has 0 aliphatic rings. The summed E-state index contributed by atoms with van der Waals surface area (Å²) in [5.41, 5.74) is 0. The van der Waals surface area contributed by atoms with E-state index >= 15 is 0 Å². The molecule has 0 aliphatic carbocycles. The molecule has 5 heteroatoms. The molecule has 10 heavy (non-hydrogen) atoms. The molecule has 0 unspecified atom stereocenters. The van der Waals surface area contributed by atoms with Crippen LogP contribution in [-0.2, 0) is 0 Å². The average Bonchev–Trinajstić information content (AvgIpc) is 2.59. The molecule has 0 amide bonds. The lowest BCUT2D eigenvalue weighted by Gasteiger charge is -1.73. The minimum absolute atomic E-state index is 0.324. The van der Waals surface area contributed by atoms with Crippen LogP contribution < -0.4 is 4.85 Å². The predicted molar refractivity (Wildman–Crippen MR) is 28.1 cm³/mol. The van der Waals surface area contributed by atoms with Gasteiger partial charge in [-0.25, -0.2) is 0 Å². The zero-order valence-corrected chi connectivity index (χ0v) is 4.97. The van der Waals surface area contributed by atoms with Crippen LogP contribution in [0.2, 0.25) is 0 Å². The topological polar surface area (TPSA) is 55.9 Å². The largest absolute Gasteiger partial charge is 0.566 e. The summed E-state index contributed by atoms with van der Waals surface area (Å²) in [4.78, 5) is 4.98. The highest BCUT2D eigenvalue weighted by Crippen LogP contribution is 1.90. The molecule has 5 nitrogen and oxygen atoms in total. The molecular formula is C5H4N3O2+. The minimum atomic E-state index is 0.324. The Morgan fingerprint density at radius 3 is 2.90 bits per heavy atom. The van der Waals surface area contributed by atoms with Crippen LogP contribution in [0.15, 0.2) is 33.9 Å². The average molecular weight is 138 g/mol. The van der Waals surface area contributed by atoms with E-state index in [1.807, 2.05) is 0 Å². The van der Waals surface area contributed by atoms with Crippen molar-refractivity contribution in [2.45, 2.75) is 0 Å².